The number of hydrogen-bond donors (Lipinski definition) is 3. The molecule has 0 rings (SSSR count). The van der Waals surface area contributed by atoms with Gasteiger partial charge in [-0.1, -0.05) is 13.8 Å². The highest BCUT2D eigenvalue weighted by Gasteiger charge is 2.00. The predicted octanol–water partition coefficient (Wildman–Crippen LogP) is 0.365. The summed E-state index contributed by atoms with van der Waals surface area (Å²) in [7, 11) is -1.42. The lowest BCUT2D eigenvalue weighted by molar-refractivity contribution is 0.572. The minimum atomic E-state index is -3.11. The maximum absolute atomic E-state index is 10.8. The van der Waals surface area contributed by atoms with Gasteiger partial charge in [-0.15, -0.1) is 24.0 Å². The number of nitrogens with zero attached hydrogens (tertiary/aromatic N) is 1. The molecule has 110 valence electrons. The molecule has 3 N–H and O–H groups in total. The number of hydrogen-bond acceptors (Lipinski definition) is 3. The Hall–Kier alpha value is -0.0900. The molecule has 0 aromatic heterocycles. The molecule has 0 unspecified atom stereocenters. The Bertz CT molecular complexity index is 331. The molecule has 0 saturated carbocycles. The van der Waals surface area contributed by atoms with Crippen molar-refractivity contribution in [1.29, 1.82) is 0 Å². The molecule has 8 heteroatoms. The van der Waals surface area contributed by atoms with E-state index in [2.05, 4.69) is 34.2 Å². The lowest BCUT2D eigenvalue weighted by atomic mass is 10.1. The third-order valence-electron chi connectivity index (χ3n) is 2.02. The molecule has 0 aliphatic rings. The van der Waals surface area contributed by atoms with Gasteiger partial charge in [-0.2, -0.15) is 0 Å². The summed E-state index contributed by atoms with van der Waals surface area (Å²) < 4.78 is 24.0. The highest BCUT2D eigenvalue weighted by molar-refractivity contribution is 14.0. The van der Waals surface area contributed by atoms with Gasteiger partial charge in [0.2, 0.25) is 10.0 Å². The van der Waals surface area contributed by atoms with Crippen LogP contribution in [0.2, 0.25) is 0 Å². The fourth-order valence-electron chi connectivity index (χ4n) is 1.12. The predicted molar refractivity (Wildman–Crippen MR) is 87.1 cm³/mol. The SMILES string of the molecule is CN=C(NCCNS(C)(=O)=O)NCCC(C)C.I. The second-order valence-corrected chi connectivity index (χ2v) is 6.11. The second-order valence-electron chi connectivity index (χ2n) is 4.27. The zero-order chi connectivity index (χ0) is 13.3. The second kappa shape index (κ2) is 10.8. The van der Waals surface area contributed by atoms with Gasteiger partial charge in [0.25, 0.3) is 0 Å². The van der Waals surface area contributed by atoms with E-state index < -0.39 is 10.0 Å². The third kappa shape index (κ3) is 14.0. The van der Waals surface area contributed by atoms with Crippen molar-refractivity contribution in [2.24, 2.45) is 10.9 Å². The van der Waals surface area contributed by atoms with E-state index in [9.17, 15) is 8.42 Å². The summed E-state index contributed by atoms with van der Waals surface area (Å²) >= 11 is 0. The van der Waals surface area contributed by atoms with Crippen molar-refractivity contribution in [3.8, 4) is 0 Å². The van der Waals surface area contributed by atoms with Gasteiger partial charge in [0.15, 0.2) is 5.96 Å². The Labute approximate surface area is 127 Å². The van der Waals surface area contributed by atoms with Crippen LogP contribution in [0.3, 0.4) is 0 Å². The van der Waals surface area contributed by atoms with E-state index in [1.54, 1.807) is 7.05 Å². The molecule has 0 fully saturated rings. The van der Waals surface area contributed by atoms with Crippen molar-refractivity contribution < 1.29 is 8.42 Å². The quantitative estimate of drug-likeness (QED) is 0.253. The fraction of sp³-hybridized carbons (Fsp3) is 0.900. The number of rotatable bonds is 7. The number of halogens is 1. The van der Waals surface area contributed by atoms with Crippen LogP contribution < -0.4 is 15.4 Å². The molecule has 0 aliphatic carbocycles. The average molecular weight is 392 g/mol. The van der Waals surface area contributed by atoms with Crippen LogP contribution in [0.25, 0.3) is 0 Å². The van der Waals surface area contributed by atoms with Crippen molar-refractivity contribution in [1.82, 2.24) is 15.4 Å². The molecule has 0 aromatic carbocycles. The molecule has 0 radical (unpaired) electrons. The highest BCUT2D eigenvalue weighted by Crippen LogP contribution is 1.95. The first-order valence-corrected chi connectivity index (χ1v) is 7.63. The first-order valence-electron chi connectivity index (χ1n) is 5.74. The molecule has 18 heavy (non-hydrogen) atoms. The fourth-order valence-corrected chi connectivity index (χ4v) is 1.59. The van der Waals surface area contributed by atoms with Crippen molar-refractivity contribution in [3.63, 3.8) is 0 Å². The van der Waals surface area contributed by atoms with Crippen LogP contribution in [0.4, 0.5) is 0 Å². The number of aliphatic imine (C=N–C) groups is 1. The standard InChI is InChI=1S/C10H24N4O2S.HI/c1-9(2)5-6-12-10(11-3)13-7-8-14-17(4,15)16;/h9,14H,5-8H2,1-4H3,(H2,11,12,13);1H. The topological polar surface area (TPSA) is 82.6 Å². The molecule has 0 amide bonds. The lowest BCUT2D eigenvalue weighted by Gasteiger charge is -2.12. The van der Waals surface area contributed by atoms with E-state index in [4.69, 9.17) is 0 Å². The van der Waals surface area contributed by atoms with Crippen LogP contribution in [-0.4, -0.2) is 47.3 Å². The maximum atomic E-state index is 10.8. The van der Waals surface area contributed by atoms with E-state index in [-0.39, 0.29) is 24.0 Å². The summed E-state index contributed by atoms with van der Waals surface area (Å²) in [6.45, 7) is 6.04. The molecule has 0 saturated heterocycles. The summed E-state index contributed by atoms with van der Waals surface area (Å²) in [4.78, 5) is 4.04. The zero-order valence-corrected chi connectivity index (χ0v) is 14.6. The van der Waals surface area contributed by atoms with E-state index >= 15 is 0 Å². The van der Waals surface area contributed by atoms with Crippen LogP contribution in [0.1, 0.15) is 20.3 Å². The van der Waals surface area contributed by atoms with Gasteiger partial charge in [-0.3, -0.25) is 4.99 Å². The van der Waals surface area contributed by atoms with Crippen molar-refractivity contribution in [3.05, 3.63) is 0 Å². The van der Waals surface area contributed by atoms with Crippen LogP contribution in [0.5, 0.6) is 0 Å². The Morgan fingerprint density at radius 1 is 1.17 bits per heavy atom. The van der Waals surface area contributed by atoms with E-state index in [0.717, 1.165) is 19.2 Å². The summed E-state index contributed by atoms with van der Waals surface area (Å²) in [5, 5.41) is 6.19. The minimum Gasteiger partial charge on any atom is -0.356 e. The van der Waals surface area contributed by atoms with E-state index in [1.807, 2.05) is 0 Å². The largest absolute Gasteiger partial charge is 0.356 e. The normalized spacial score (nSPS) is 12.2. The number of guanidine groups is 1. The van der Waals surface area contributed by atoms with Gasteiger partial charge in [-0.05, 0) is 12.3 Å². The van der Waals surface area contributed by atoms with Gasteiger partial charge in [0.1, 0.15) is 0 Å². The summed E-state index contributed by atoms with van der Waals surface area (Å²) in [5.41, 5.74) is 0. The summed E-state index contributed by atoms with van der Waals surface area (Å²) in [5.74, 6) is 1.34. The molecular formula is C10H25IN4O2S. The Morgan fingerprint density at radius 3 is 2.17 bits per heavy atom. The first-order chi connectivity index (χ1) is 7.85. The summed E-state index contributed by atoms with van der Waals surface area (Å²) in [6.07, 6.45) is 2.21. The molecule has 0 spiro atoms. The molecule has 0 aromatic rings. The van der Waals surface area contributed by atoms with Crippen molar-refractivity contribution >= 4 is 40.0 Å². The van der Waals surface area contributed by atoms with Crippen LogP contribution in [0.15, 0.2) is 4.99 Å². The Balaban J connectivity index is 0. The molecule has 6 nitrogen and oxygen atoms in total. The van der Waals surface area contributed by atoms with E-state index in [1.165, 1.54) is 0 Å². The van der Waals surface area contributed by atoms with Crippen molar-refractivity contribution in [2.45, 2.75) is 20.3 Å². The molecule has 0 aliphatic heterocycles. The minimum absolute atomic E-state index is 0. The Morgan fingerprint density at radius 2 is 1.72 bits per heavy atom. The van der Waals surface area contributed by atoms with Gasteiger partial charge in [0, 0.05) is 26.7 Å². The van der Waals surface area contributed by atoms with Crippen molar-refractivity contribution in [2.75, 3.05) is 32.9 Å². The van der Waals surface area contributed by atoms with Crippen LogP contribution in [-0.2, 0) is 10.0 Å². The third-order valence-corrected chi connectivity index (χ3v) is 2.75. The van der Waals surface area contributed by atoms with E-state index in [0.29, 0.717) is 25.0 Å². The van der Waals surface area contributed by atoms with Gasteiger partial charge in [0.05, 0.1) is 6.26 Å². The zero-order valence-electron chi connectivity index (χ0n) is 11.5. The Kier molecular flexibility index (Phi) is 12.1. The summed E-state index contributed by atoms with van der Waals surface area (Å²) in [6, 6.07) is 0. The van der Waals surface area contributed by atoms with Gasteiger partial charge < -0.3 is 10.6 Å². The first kappa shape index (κ1) is 20.2. The molecule has 0 bridgehead atoms. The monoisotopic (exact) mass is 392 g/mol. The van der Waals surface area contributed by atoms with Gasteiger partial charge >= 0.3 is 0 Å². The highest BCUT2D eigenvalue weighted by atomic mass is 127. The maximum Gasteiger partial charge on any atom is 0.208 e. The van der Waals surface area contributed by atoms with Crippen LogP contribution >= 0.6 is 24.0 Å². The molecule has 0 atom stereocenters. The number of sulfonamides is 1. The van der Waals surface area contributed by atoms with Crippen LogP contribution in [0, 0.1) is 5.92 Å². The van der Waals surface area contributed by atoms with Gasteiger partial charge in [-0.25, -0.2) is 13.1 Å². The lowest BCUT2D eigenvalue weighted by Crippen LogP contribution is -2.41. The number of nitrogens with one attached hydrogen (secondary N) is 3. The molecule has 0 heterocycles. The average Bonchev–Trinajstić information content (AvgIpc) is 2.19. The smallest absolute Gasteiger partial charge is 0.208 e. The molecular weight excluding hydrogens is 367 g/mol.